The number of carbonyl (C=O) groups excluding carboxylic acids is 1. The van der Waals surface area contributed by atoms with Crippen molar-refractivity contribution in [2.45, 2.75) is 12.3 Å². The minimum atomic E-state index is -0.277. The Morgan fingerprint density at radius 3 is 2.60 bits per heavy atom. The summed E-state index contributed by atoms with van der Waals surface area (Å²) in [6, 6.07) is 23.3. The first-order valence-corrected chi connectivity index (χ1v) is 9.73. The van der Waals surface area contributed by atoms with Crippen LogP contribution in [0.1, 0.15) is 17.9 Å². The van der Waals surface area contributed by atoms with Crippen LogP contribution < -0.4 is 5.32 Å². The monoisotopic (exact) mass is 399 g/mol. The molecule has 1 aliphatic carbocycles. The van der Waals surface area contributed by atoms with E-state index in [2.05, 4.69) is 15.5 Å². The number of hydrogen-bond donors (Lipinski definition) is 1. The number of anilines is 1. The number of nitrogens with one attached hydrogen (secondary N) is 1. The maximum atomic E-state index is 13.4. The van der Waals surface area contributed by atoms with Gasteiger partial charge in [-0.1, -0.05) is 53.7 Å². The lowest BCUT2D eigenvalue weighted by atomic mass is 10.1. The Morgan fingerprint density at radius 1 is 0.967 bits per heavy atom. The van der Waals surface area contributed by atoms with Gasteiger partial charge in [0.1, 0.15) is 5.82 Å². The number of halogens is 1. The molecule has 0 radical (unpaired) electrons. The molecule has 5 nitrogen and oxygen atoms in total. The van der Waals surface area contributed by atoms with E-state index in [-0.39, 0.29) is 23.6 Å². The first-order chi connectivity index (χ1) is 14.7. The lowest BCUT2D eigenvalue weighted by Gasteiger charge is -2.06. The molecule has 148 valence electrons. The molecule has 0 saturated heterocycles. The molecule has 0 aliphatic heterocycles. The lowest BCUT2D eigenvalue weighted by molar-refractivity contribution is -0.117. The number of nitrogens with zero attached hydrogens (tertiary/aromatic N) is 2. The van der Waals surface area contributed by atoms with Crippen LogP contribution >= 0.6 is 0 Å². The zero-order valence-corrected chi connectivity index (χ0v) is 16.0. The van der Waals surface area contributed by atoms with Crippen LogP contribution in [0.2, 0.25) is 0 Å². The zero-order valence-electron chi connectivity index (χ0n) is 16.0. The van der Waals surface area contributed by atoms with Gasteiger partial charge in [0.2, 0.25) is 11.7 Å². The van der Waals surface area contributed by atoms with E-state index in [0.29, 0.717) is 17.4 Å². The van der Waals surface area contributed by atoms with Crippen LogP contribution in [0, 0.1) is 11.7 Å². The molecule has 0 bridgehead atoms. The van der Waals surface area contributed by atoms with Crippen LogP contribution in [-0.2, 0) is 4.79 Å². The molecule has 1 aliphatic rings. The molecule has 5 rings (SSSR count). The van der Waals surface area contributed by atoms with Gasteiger partial charge < -0.3 is 9.84 Å². The molecule has 1 fully saturated rings. The van der Waals surface area contributed by atoms with Crippen LogP contribution in [0.4, 0.5) is 10.1 Å². The van der Waals surface area contributed by atoms with Crippen molar-refractivity contribution in [3.05, 3.63) is 90.2 Å². The normalized spacial score (nSPS) is 17.5. The topological polar surface area (TPSA) is 68.0 Å². The molecular weight excluding hydrogens is 381 g/mol. The summed E-state index contributed by atoms with van der Waals surface area (Å²) < 4.78 is 18.8. The van der Waals surface area contributed by atoms with Gasteiger partial charge in [-0.2, -0.15) is 4.98 Å². The lowest BCUT2D eigenvalue weighted by Crippen LogP contribution is -2.14. The predicted molar refractivity (Wildman–Crippen MR) is 111 cm³/mol. The van der Waals surface area contributed by atoms with E-state index < -0.39 is 0 Å². The van der Waals surface area contributed by atoms with Crippen molar-refractivity contribution in [2.75, 3.05) is 5.32 Å². The highest BCUT2D eigenvalue weighted by Gasteiger charge is 2.44. The number of benzene rings is 3. The van der Waals surface area contributed by atoms with Gasteiger partial charge in [-0.25, -0.2) is 4.39 Å². The fraction of sp³-hybridized carbons (Fsp3) is 0.125. The van der Waals surface area contributed by atoms with Gasteiger partial charge in [0.05, 0.1) is 0 Å². The molecule has 30 heavy (non-hydrogen) atoms. The number of carbonyl (C=O) groups is 1. The van der Waals surface area contributed by atoms with Crippen molar-refractivity contribution in [3.8, 4) is 22.8 Å². The van der Waals surface area contributed by atoms with Crippen LogP contribution in [-0.4, -0.2) is 16.0 Å². The van der Waals surface area contributed by atoms with E-state index in [1.807, 2.05) is 54.6 Å². The first-order valence-electron chi connectivity index (χ1n) is 9.73. The third-order valence-corrected chi connectivity index (χ3v) is 5.24. The second-order valence-corrected chi connectivity index (χ2v) is 7.36. The first kappa shape index (κ1) is 18.2. The quantitative estimate of drug-likeness (QED) is 0.495. The number of rotatable bonds is 5. The second-order valence-electron chi connectivity index (χ2n) is 7.36. The van der Waals surface area contributed by atoms with Crippen molar-refractivity contribution in [2.24, 2.45) is 5.92 Å². The van der Waals surface area contributed by atoms with E-state index in [1.54, 1.807) is 12.1 Å². The van der Waals surface area contributed by atoms with E-state index in [4.69, 9.17) is 4.52 Å². The molecule has 6 heteroatoms. The molecule has 1 heterocycles. The van der Waals surface area contributed by atoms with Crippen LogP contribution in [0.3, 0.4) is 0 Å². The van der Waals surface area contributed by atoms with Gasteiger partial charge in [0.25, 0.3) is 5.89 Å². The Labute approximate surface area is 172 Å². The van der Waals surface area contributed by atoms with Crippen molar-refractivity contribution < 1.29 is 13.7 Å². The fourth-order valence-electron chi connectivity index (χ4n) is 3.60. The predicted octanol–water partition coefficient (Wildman–Crippen LogP) is 5.28. The summed E-state index contributed by atoms with van der Waals surface area (Å²) in [5.41, 5.74) is 3.11. The smallest absolute Gasteiger partial charge is 0.258 e. The van der Waals surface area contributed by atoms with Gasteiger partial charge in [0.15, 0.2) is 0 Å². The third-order valence-electron chi connectivity index (χ3n) is 5.24. The van der Waals surface area contributed by atoms with E-state index in [1.165, 1.54) is 12.1 Å². The zero-order chi connectivity index (χ0) is 20.5. The highest BCUT2D eigenvalue weighted by atomic mass is 19.1. The number of hydrogen-bond acceptors (Lipinski definition) is 4. The maximum absolute atomic E-state index is 13.4. The van der Waals surface area contributed by atoms with E-state index in [0.717, 1.165) is 23.1 Å². The Hall–Kier alpha value is -3.80. The molecular formula is C24H18FN3O2. The Morgan fingerprint density at radius 2 is 1.77 bits per heavy atom. The van der Waals surface area contributed by atoms with Crippen molar-refractivity contribution in [3.63, 3.8) is 0 Å². The average Bonchev–Trinajstić information content (AvgIpc) is 3.43. The fourth-order valence-corrected chi connectivity index (χ4v) is 3.60. The van der Waals surface area contributed by atoms with E-state index in [9.17, 15) is 9.18 Å². The summed E-state index contributed by atoms with van der Waals surface area (Å²) in [7, 11) is 0. The largest absolute Gasteiger partial charge is 0.334 e. The third kappa shape index (κ3) is 3.72. The summed E-state index contributed by atoms with van der Waals surface area (Å²) in [5, 5.41) is 6.98. The molecule has 1 saturated carbocycles. The summed E-state index contributed by atoms with van der Waals surface area (Å²) in [5.74, 6) is 0.458. The summed E-state index contributed by atoms with van der Waals surface area (Å²) >= 11 is 0. The maximum Gasteiger partial charge on any atom is 0.258 e. The Balaban J connectivity index is 1.29. The standard InChI is InChI=1S/C24H18FN3O2/c25-18-10-4-8-16(12-18)20-14-21(20)23(29)26-19-11-5-9-17(13-19)24-27-22(28-30-24)15-6-2-1-3-7-15/h1-13,20-21H,14H2,(H,26,29). The second kappa shape index (κ2) is 7.55. The highest BCUT2D eigenvalue weighted by molar-refractivity contribution is 5.95. The number of aromatic nitrogens is 2. The van der Waals surface area contributed by atoms with Crippen LogP contribution in [0.5, 0.6) is 0 Å². The van der Waals surface area contributed by atoms with Crippen molar-refractivity contribution >= 4 is 11.6 Å². The molecule has 1 N–H and O–H groups in total. The average molecular weight is 399 g/mol. The molecule has 1 amide bonds. The van der Waals surface area contributed by atoms with Gasteiger partial charge in [-0.05, 0) is 48.2 Å². The molecule has 1 aromatic heterocycles. The Kier molecular flexibility index (Phi) is 4.59. The summed E-state index contributed by atoms with van der Waals surface area (Å²) in [4.78, 5) is 17.1. The molecule has 3 aromatic carbocycles. The molecule has 2 atom stereocenters. The van der Waals surface area contributed by atoms with Gasteiger partial charge in [-0.15, -0.1) is 0 Å². The molecule has 0 spiro atoms. The van der Waals surface area contributed by atoms with Gasteiger partial charge in [0, 0.05) is 22.7 Å². The van der Waals surface area contributed by atoms with Crippen molar-refractivity contribution in [1.29, 1.82) is 0 Å². The van der Waals surface area contributed by atoms with Crippen LogP contribution in [0.25, 0.3) is 22.8 Å². The minimum absolute atomic E-state index is 0.0632. The molecule has 2 unspecified atom stereocenters. The Bertz CT molecular complexity index is 1210. The van der Waals surface area contributed by atoms with Crippen LogP contribution in [0.15, 0.2) is 83.4 Å². The molecule has 4 aromatic rings. The summed E-state index contributed by atoms with van der Waals surface area (Å²) in [6.45, 7) is 0. The summed E-state index contributed by atoms with van der Waals surface area (Å²) in [6.07, 6.45) is 0.721. The number of amides is 1. The minimum Gasteiger partial charge on any atom is -0.334 e. The van der Waals surface area contributed by atoms with Gasteiger partial charge >= 0.3 is 0 Å². The van der Waals surface area contributed by atoms with Gasteiger partial charge in [-0.3, -0.25) is 4.79 Å². The SMILES string of the molecule is O=C(Nc1cccc(-c2nc(-c3ccccc3)no2)c1)C1CC1c1cccc(F)c1. The van der Waals surface area contributed by atoms with E-state index >= 15 is 0 Å². The van der Waals surface area contributed by atoms with Crippen molar-refractivity contribution in [1.82, 2.24) is 10.1 Å². The highest BCUT2D eigenvalue weighted by Crippen LogP contribution is 2.48.